The van der Waals surface area contributed by atoms with Crippen LogP contribution < -0.4 is 5.32 Å². The highest BCUT2D eigenvalue weighted by molar-refractivity contribution is 7.16. The predicted molar refractivity (Wildman–Crippen MR) is 120 cm³/mol. The maximum Gasteiger partial charge on any atom is 0.259 e. The Bertz CT molecular complexity index is 1100. The van der Waals surface area contributed by atoms with E-state index in [1.54, 1.807) is 35.8 Å². The Balaban J connectivity index is 1.69. The van der Waals surface area contributed by atoms with Gasteiger partial charge in [0.1, 0.15) is 10.8 Å². The van der Waals surface area contributed by atoms with Crippen LogP contribution in [0.15, 0.2) is 47.5 Å². The Labute approximate surface area is 175 Å². The fourth-order valence-corrected chi connectivity index (χ4v) is 4.84. The van der Waals surface area contributed by atoms with Crippen molar-refractivity contribution in [1.29, 1.82) is 0 Å². The molecule has 0 spiro atoms. The van der Waals surface area contributed by atoms with Gasteiger partial charge in [-0.2, -0.15) is 0 Å². The second-order valence-corrected chi connectivity index (χ2v) is 8.54. The zero-order chi connectivity index (χ0) is 20.4. The first kappa shape index (κ1) is 19.4. The molecule has 0 aliphatic heterocycles. The number of phenolic OH excluding ortho intramolecular Hbond substituents is 1. The minimum atomic E-state index is -0.114. The molecule has 0 bridgehead atoms. The van der Waals surface area contributed by atoms with E-state index >= 15 is 0 Å². The third-order valence-corrected chi connectivity index (χ3v) is 6.60. The topological polar surface area (TPSA) is 61.7 Å². The number of carbonyl (C=O) groups is 1. The monoisotopic (exact) mass is 404 g/mol. The second-order valence-electron chi connectivity index (χ2n) is 7.46. The number of nitrogens with one attached hydrogen (secondary N) is 1. The van der Waals surface area contributed by atoms with Gasteiger partial charge in [-0.05, 0) is 80.5 Å². The maximum atomic E-state index is 13.2. The number of benzene rings is 2. The first-order valence-corrected chi connectivity index (χ1v) is 10.7. The fraction of sp³-hybridized carbons (Fsp3) is 0.250. The summed E-state index contributed by atoms with van der Waals surface area (Å²) in [6, 6.07) is 13.0. The van der Waals surface area contributed by atoms with E-state index in [2.05, 4.69) is 17.2 Å². The minimum absolute atomic E-state index is 0.114. The molecule has 0 fully saturated rings. The van der Waals surface area contributed by atoms with E-state index in [0.29, 0.717) is 16.1 Å². The SMILES string of the molecule is Cc1ccc(NC(=O)c2c(/N=C/c3ccccc3O)sc3c2CCCC3)cc1C. The van der Waals surface area contributed by atoms with Gasteiger partial charge in [-0.1, -0.05) is 18.2 Å². The largest absolute Gasteiger partial charge is 0.507 e. The third-order valence-electron chi connectivity index (χ3n) is 5.40. The summed E-state index contributed by atoms with van der Waals surface area (Å²) in [4.78, 5) is 19.1. The van der Waals surface area contributed by atoms with E-state index < -0.39 is 0 Å². The number of fused-ring (bicyclic) bond motifs is 1. The number of amides is 1. The molecule has 0 atom stereocenters. The van der Waals surface area contributed by atoms with Crippen molar-refractivity contribution >= 4 is 34.1 Å². The number of aryl methyl sites for hydroxylation is 3. The molecule has 2 N–H and O–H groups in total. The van der Waals surface area contributed by atoms with E-state index in [1.165, 1.54) is 10.4 Å². The zero-order valence-electron chi connectivity index (χ0n) is 16.7. The number of nitrogens with zero attached hydrogens (tertiary/aromatic N) is 1. The van der Waals surface area contributed by atoms with Gasteiger partial charge in [0.25, 0.3) is 5.91 Å². The second kappa shape index (κ2) is 8.21. The molecule has 29 heavy (non-hydrogen) atoms. The highest BCUT2D eigenvalue weighted by atomic mass is 32.1. The smallest absolute Gasteiger partial charge is 0.259 e. The lowest BCUT2D eigenvalue weighted by Crippen LogP contribution is -2.15. The van der Waals surface area contributed by atoms with Crippen molar-refractivity contribution in [3.63, 3.8) is 0 Å². The number of hydrogen-bond acceptors (Lipinski definition) is 4. The van der Waals surface area contributed by atoms with Gasteiger partial charge in [-0.3, -0.25) is 4.79 Å². The van der Waals surface area contributed by atoms with Crippen LogP contribution in [0.1, 0.15) is 50.3 Å². The predicted octanol–water partition coefficient (Wildman–Crippen LogP) is 5.95. The standard InChI is InChI=1S/C24H24N2O2S/c1-15-11-12-18(13-16(15)2)26-23(28)22-19-8-4-6-10-21(19)29-24(22)25-14-17-7-3-5-9-20(17)27/h3,5,7,9,11-14,27H,4,6,8,10H2,1-2H3,(H,26,28)/b25-14+. The number of rotatable bonds is 4. The van der Waals surface area contributed by atoms with Crippen molar-refractivity contribution in [3.05, 3.63) is 75.2 Å². The normalized spacial score (nSPS) is 13.4. The molecule has 2 aromatic carbocycles. The van der Waals surface area contributed by atoms with Gasteiger partial charge < -0.3 is 10.4 Å². The summed E-state index contributed by atoms with van der Waals surface area (Å²) in [6.45, 7) is 4.10. The van der Waals surface area contributed by atoms with Crippen LogP contribution in [0.2, 0.25) is 0 Å². The molecule has 0 saturated carbocycles. The molecule has 4 nitrogen and oxygen atoms in total. The van der Waals surface area contributed by atoms with Crippen molar-refractivity contribution in [1.82, 2.24) is 0 Å². The fourth-order valence-electron chi connectivity index (χ4n) is 3.61. The van der Waals surface area contributed by atoms with Crippen LogP contribution in [0.25, 0.3) is 0 Å². The quantitative estimate of drug-likeness (QED) is 0.528. The average molecular weight is 405 g/mol. The molecule has 3 aromatic rings. The number of phenols is 1. The van der Waals surface area contributed by atoms with Crippen LogP contribution in [0.5, 0.6) is 5.75 Å². The molecule has 148 valence electrons. The zero-order valence-corrected chi connectivity index (χ0v) is 17.5. The van der Waals surface area contributed by atoms with Gasteiger partial charge in [0.05, 0.1) is 5.56 Å². The van der Waals surface area contributed by atoms with Crippen molar-refractivity contribution in [2.75, 3.05) is 5.32 Å². The van der Waals surface area contributed by atoms with Crippen LogP contribution in [-0.4, -0.2) is 17.2 Å². The molecule has 1 aliphatic rings. The van der Waals surface area contributed by atoms with Gasteiger partial charge in [0.2, 0.25) is 0 Å². The highest BCUT2D eigenvalue weighted by Gasteiger charge is 2.25. The van der Waals surface area contributed by atoms with Crippen LogP contribution in [-0.2, 0) is 12.8 Å². The van der Waals surface area contributed by atoms with Crippen molar-refractivity contribution in [2.45, 2.75) is 39.5 Å². The van der Waals surface area contributed by atoms with Crippen LogP contribution in [0, 0.1) is 13.8 Å². The molecule has 0 saturated heterocycles. The van der Waals surface area contributed by atoms with Crippen LogP contribution in [0.3, 0.4) is 0 Å². The summed E-state index contributed by atoms with van der Waals surface area (Å²) >= 11 is 1.59. The first-order chi connectivity index (χ1) is 14.0. The van der Waals surface area contributed by atoms with Gasteiger partial charge in [0.15, 0.2) is 0 Å². The summed E-state index contributed by atoms with van der Waals surface area (Å²) < 4.78 is 0. The average Bonchev–Trinajstić information content (AvgIpc) is 3.08. The van der Waals surface area contributed by atoms with Gasteiger partial charge in [0, 0.05) is 22.3 Å². The summed E-state index contributed by atoms with van der Waals surface area (Å²) in [5, 5.41) is 13.8. The molecule has 4 rings (SSSR count). The molecule has 1 amide bonds. The van der Waals surface area contributed by atoms with E-state index in [4.69, 9.17) is 0 Å². The number of aliphatic imine (C=N–C) groups is 1. The Kier molecular flexibility index (Phi) is 5.49. The minimum Gasteiger partial charge on any atom is -0.507 e. The molecule has 1 heterocycles. The highest BCUT2D eigenvalue weighted by Crippen LogP contribution is 2.40. The Hall–Kier alpha value is -2.92. The molecule has 1 aliphatic carbocycles. The van der Waals surface area contributed by atoms with Gasteiger partial charge >= 0.3 is 0 Å². The van der Waals surface area contributed by atoms with Gasteiger partial charge in [-0.15, -0.1) is 11.3 Å². The molecule has 1 aromatic heterocycles. The Morgan fingerprint density at radius 1 is 1.10 bits per heavy atom. The lowest BCUT2D eigenvalue weighted by atomic mass is 9.95. The van der Waals surface area contributed by atoms with Gasteiger partial charge in [-0.25, -0.2) is 4.99 Å². The third kappa shape index (κ3) is 4.10. The van der Waals surface area contributed by atoms with Crippen LogP contribution >= 0.6 is 11.3 Å². The molecular weight excluding hydrogens is 380 g/mol. The van der Waals surface area contributed by atoms with Crippen LogP contribution in [0.4, 0.5) is 10.7 Å². The molecule has 5 heteroatoms. The summed E-state index contributed by atoms with van der Waals surface area (Å²) in [7, 11) is 0. The summed E-state index contributed by atoms with van der Waals surface area (Å²) in [6.07, 6.45) is 5.79. The van der Waals surface area contributed by atoms with E-state index in [0.717, 1.165) is 42.5 Å². The van der Waals surface area contributed by atoms with E-state index in [9.17, 15) is 9.90 Å². The molecular formula is C24H24N2O2S. The Morgan fingerprint density at radius 2 is 1.90 bits per heavy atom. The summed E-state index contributed by atoms with van der Waals surface area (Å²) in [5.74, 6) is 0.0655. The lowest BCUT2D eigenvalue weighted by molar-refractivity contribution is 0.102. The van der Waals surface area contributed by atoms with Crippen molar-refractivity contribution in [2.24, 2.45) is 4.99 Å². The number of carbonyl (C=O) groups excluding carboxylic acids is 1. The van der Waals surface area contributed by atoms with E-state index in [-0.39, 0.29) is 11.7 Å². The molecule has 0 radical (unpaired) electrons. The van der Waals surface area contributed by atoms with E-state index in [1.807, 2.05) is 31.2 Å². The van der Waals surface area contributed by atoms with Crippen molar-refractivity contribution < 1.29 is 9.90 Å². The van der Waals surface area contributed by atoms with Crippen molar-refractivity contribution in [3.8, 4) is 5.75 Å². The Morgan fingerprint density at radius 3 is 2.69 bits per heavy atom. The lowest BCUT2D eigenvalue weighted by Gasteiger charge is -2.13. The number of anilines is 1. The number of hydrogen-bond donors (Lipinski definition) is 2. The number of thiophene rings is 1. The number of para-hydroxylation sites is 1. The first-order valence-electron chi connectivity index (χ1n) is 9.88. The molecule has 0 unspecified atom stereocenters. The maximum absolute atomic E-state index is 13.2. The number of aromatic hydroxyl groups is 1. The summed E-state index contributed by atoms with van der Waals surface area (Å²) in [5.41, 5.74) is 5.59.